The lowest BCUT2D eigenvalue weighted by Gasteiger charge is -2.16. The van der Waals surface area contributed by atoms with Crippen LogP contribution in [0.15, 0.2) is 46.1 Å². The molecule has 1 aromatic heterocycles. The molecule has 0 bridgehead atoms. The van der Waals surface area contributed by atoms with Crippen molar-refractivity contribution in [2.24, 2.45) is 0 Å². The second-order valence-electron chi connectivity index (χ2n) is 5.92. The van der Waals surface area contributed by atoms with Crippen molar-refractivity contribution in [3.05, 3.63) is 57.3 Å². The van der Waals surface area contributed by atoms with Gasteiger partial charge < -0.3 is 14.8 Å². The minimum Gasteiger partial charge on any atom is -0.507 e. The Morgan fingerprint density at radius 1 is 1.21 bits per heavy atom. The number of hydrogen-bond donors (Lipinski definition) is 2. The summed E-state index contributed by atoms with van der Waals surface area (Å²) in [5.74, 6) is 0.209. The number of aromatic amines is 1. The van der Waals surface area contributed by atoms with E-state index in [0.29, 0.717) is 12.4 Å². The zero-order valence-corrected chi connectivity index (χ0v) is 16.1. The SMILES string of the molecule is COCCSc1c(-c2cc(Cl)ccc2O)c2cc(C(F)(F)F)ccc2[nH]c1=O. The number of aromatic hydroxyl groups is 1. The highest BCUT2D eigenvalue weighted by Crippen LogP contribution is 2.41. The highest BCUT2D eigenvalue weighted by Gasteiger charge is 2.31. The molecule has 3 rings (SSSR count). The van der Waals surface area contributed by atoms with Gasteiger partial charge in [-0.1, -0.05) is 11.6 Å². The lowest BCUT2D eigenvalue weighted by Crippen LogP contribution is -2.12. The molecule has 0 radical (unpaired) electrons. The van der Waals surface area contributed by atoms with Crippen molar-refractivity contribution >= 4 is 34.3 Å². The van der Waals surface area contributed by atoms with Crippen molar-refractivity contribution < 1.29 is 23.0 Å². The molecular weight excluding hydrogens is 415 g/mol. The zero-order chi connectivity index (χ0) is 20.5. The van der Waals surface area contributed by atoms with Crippen LogP contribution in [0.25, 0.3) is 22.0 Å². The molecule has 28 heavy (non-hydrogen) atoms. The van der Waals surface area contributed by atoms with Gasteiger partial charge in [-0.15, -0.1) is 11.8 Å². The predicted molar refractivity (Wildman–Crippen MR) is 104 cm³/mol. The smallest absolute Gasteiger partial charge is 0.416 e. The van der Waals surface area contributed by atoms with Gasteiger partial charge in [-0.05, 0) is 36.4 Å². The van der Waals surface area contributed by atoms with E-state index in [2.05, 4.69) is 4.98 Å². The number of thioether (sulfide) groups is 1. The summed E-state index contributed by atoms with van der Waals surface area (Å²) in [6.45, 7) is 0.339. The number of hydrogen-bond acceptors (Lipinski definition) is 4. The van der Waals surface area contributed by atoms with Crippen LogP contribution in [0.4, 0.5) is 13.2 Å². The normalized spacial score (nSPS) is 11.9. The average Bonchev–Trinajstić information content (AvgIpc) is 2.63. The molecule has 4 nitrogen and oxygen atoms in total. The van der Waals surface area contributed by atoms with Crippen molar-refractivity contribution in [2.75, 3.05) is 19.5 Å². The quantitative estimate of drug-likeness (QED) is 0.426. The molecule has 148 valence electrons. The number of alkyl halides is 3. The van der Waals surface area contributed by atoms with E-state index in [0.717, 1.165) is 23.9 Å². The number of H-pyrrole nitrogens is 1. The van der Waals surface area contributed by atoms with Gasteiger partial charge in [0.05, 0.1) is 17.1 Å². The number of halogens is 4. The molecule has 0 saturated heterocycles. The van der Waals surface area contributed by atoms with Crippen LogP contribution in [0.5, 0.6) is 5.75 Å². The molecule has 3 aromatic rings. The third-order valence-electron chi connectivity index (χ3n) is 4.06. The van der Waals surface area contributed by atoms with E-state index in [1.165, 1.54) is 31.4 Å². The Morgan fingerprint density at radius 3 is 2.64 bits per heavy atom. The van der Waals surface area contributed by atoms with Gasteiger partial charge in [0.15, 0.2) is 0 Å². The van der Waals surface area contributed by atoms with E-state index < -0.39 is 17.3 Å². The molecule has 2 N–H and O–H groups in total. The number of methoxy groups -OCH3 is 1. The maximum Gasteiger partial charge on any atom is 0.416 e. The van der Waals surface area contributed by atoms with Gasteiger partial charge in [0.2, 0.25) is 0 Å². The van der Waals surface area contributed by atoms with Crippen LogP contribution in [0, 0.1) is 0 Å². The van der Waals surface area contributed by atoms with Crippen molar-refractivity contribution in [1.29, 1.82) is 0 Å². The molecule has 0 unspecified atom stereocenters. The molecular formula is C19H15ClF3NO3S. The van der Waals surface area contributed by atoms with Crippen molar-refractivity contribution in [2.45, 2.75) is 11.1 Å². The first-order chi connectivity index (χ1) is 13.2. The molecule has 1 heterocycles. The Labute approximate surface area is 167 Å². The standard InChI is InChI=1S/C19H15ClF3NO3S/c1-27-6-7-28-17-16(13-9-11(20)3-5-15(13)25)12-8-10(19(21,22)23)2-4-14(12)24-18(17)26/h2-5,8-9,25H,6-7H2,1H3,(H,24,26). The Kier molecular flexibility index (Phi) is 5.92. The Balaban J connectivity index is 2.38. The summed E-state index contributed by atoms with van der Waals surface area (Å²) in [5, 5.41) is 10.8. The van der Waals surface area contributed by atoms with Crippen LogP contribution in [0.3, 0.4) is 0 Å². The molecule has 0 fully saturated rings. The maximum atomic E-state index is 13.3. The summed E-state index contributed by atoms with van der Waals surface area (Å²) in [6, 6.07) is 7.27. The minimum absolute atomic E-state index is 0.159. The lowest BCUT2D eigenvalue weighted by atomic mass is 9.98. The molecule has 2 aromatic carbocycles. The zero-order valence-electron chi connectivity index (χ0n) is 14.6. The average molecular weight is 430 g/mol. The van der Waals surface area contributed by atoms with Crippen molar-refractivity contribution in [1.82, 2.24) is 4.98 Å². The number of phenolic OH excluding ortho intramolecular Hbond substituents is 1. The fourth-order valence-electron chi connectivity index (χ4n) is 2.79. The van der Waals surface area contributed by atoms with Gasteiger partial charge in [-0.25, -0.2) is 0 Å². The highest BCUT2D eigenvalue weighted by atomic mass is 35.5. The Morgan fingerprint density at radius 2 is 1.96 bits per heavy atom. The van der Waals surface area contributed by atoms with Crippen LogP contribution in [-0.4, -0.2) is 29.6 Å². The van der Waals surface area contributed by atoms with Crippen molar-refractivity contribution in [3.8, 4) is 16.9 Å². The fraction of sp³-hybridized carbons (Fsp3) is 0.211. The number of fused-ring (bicyclic) bond motifs is 1. The number of ether oxygens (including phenoxy) is 1. The van der Waals surface area contributed by atoms with E-state index in [1.54, 1.807) is 0 Å². The minimum atomic E-state index is -4.55. The molecule has 0 spiro atoms. The van der Waals surface area contributed by atoms with Crippen LogP contribution in [0.2, 0.25) is 5.02 Å². The van der Waals surface area contributed by atoms with Gasteiger partial charge in [0.1, 0.15) is 5.75 Å². The van der Waals surface area contributed by atoms with Gasteiger partial charge in [-0.2, -0.15) is 13.2 Å². The van der Waals surface area contributed by atoms with Crippen LogP contribution in [-0.2, 0) is 10.9 Å². The summed E-state index contributed by atoms with van der Waals surface area (Å²) in [4.78, 5) is 15.4. The van der Waals surface area contributed by atoms with E-state index in [-0.39, 0.29) is 37.7 Å². The van der Waals surface area contributed by atoms with Crippen LogP contribution >= 0.6 is 23.4 Å². The van der Waals surface area contributed by atoms with Gasteiger partial charge in [0, 0.05) is 39.9 Å². The Hall–Kier alpha value is -2.16. The number of pyridine rings is 1. The Bertz CT molecular complexity index is 1080. The number of phenols is 1. The molecule has 0 saturated carbocycles. The summed E-state index contributed by atoms with van der Waals surface area (Å²) < 4.78 is 44.8. The second-order valence-corrected chi connectivity index (χ2v) is 7.46. The first-order valence-corrected chi connectivity index (χ1v) is 9.46. The van der Waals surface area contributed by atoms with E-state index in [9.17, 15) is 23.1 Å². The monoisotopic (exact) mass is 429 g/mol. The molecule has 0 atom stereocenters. The molecule has 0 aliphatic rings. The van der Waals surface area contributed by atoms with E-state index >= 15 is 0 Å². The summed E-state index contributed by atoms with van der Waals surface area (Å²) in [5.41, 5.74) is -0.720. The fourth-order valence-corrected chi connectivity index (χ4v) is 3.96. The maximum absolute atomic E-state index is 13.3. The number of aromatic nitrogens is 1. The van der Waals surface area contributed by atoms with Gasteiger partial charge >= 0.3 is 6.18 Å². The largest absolute Gasteiger partial charge is 0.507 e. The third-order valence-corrected chi connectivity index (χ3v) is 5.34. The summed E-state index contributed by atoms with van der Waals surface area (Å²) >= 11 is 7.17. The predicted octanol–water partition coefficient (Wildman–Crippen LogP) is 5.31. The van der Waals surface area contributed by atoms with E-state index in [1.807, 2.05) is 0 Å². The highest BCUT2D eigenvalue weighted by molar-refractivity contribution is 7.99. The second kappa shape index (κ2) is 8.06. The van der Waals surface area contributed by atoms with Crippen LogP contribution in [0.1, 0.15) is 5.56 Å². The van der Waals surface area contributed by atoms with Crippen molar-refractivity contribution in [3.63, 3.8) is 0 Å². The molecule has 0 aliphatic carbocycles. The van der Waals surface area contributed by atoms with Gasteiger partial charge in [-0.3, -0.25) is 4.79 Å². The van der Waals surface area contributed by atoms with Gasteiger partial charge in [0.25, 0.3) is 5.56 Å². The molecule has 0 aliphatic heterocycles. The number of benzene rings is 2. The van der Waals surface area contributed by atoms with Crippen LogP contribution < -0.4 is 5.56 Å². The first-order valence-electron chi connectivity index (χ1n) is 8.10. The third kappa shape index (κ3) is 4.14. The first kappa shape index (κ1) is 20.6. The van der Waals surface area contributed by atoms with E-state index in [4.69, 9.17) is 16.3 Å². The number of rotatable bonds is 5. The lowest BCUT2D eigenvalue weighted by molar-refractivity contribution is -0.137. The summed E-state index contributed by atoms with van der Waals surface area (Å²) in [7, 11) is 1.50. The molecule has 0 amide bonds. The topological polar surface area (TPSA) is 62.3 Å². The number of nitrogens with one attached hydrogen (secondary N) is 1. The summed E-state index contributed by atoms with van der Waals surface area (Å²) in [6.07, 6.45) is -4.55. The molecule has 9 heteroatoms.